The van der Waals surface area contributed by atoms with Gasteiger partial charge in [-0.25, -0.2) is 21.1 Å². The monoisotopic (exact) mass is 465 g/mol. The van der Waals surface area contributed by atoms with E-state index in [0.717, 1.165) is 28.1 Å². The fourth-order valence-corrected chi connectivity index (χ4v) is 3.44. The zero-order chi connectivity index (χ0) is 22.6. The normalized spacial score (nSPS) is 13.0. The van der Waals surface area contributed by atoms with Gasteiger partial charge in [0.25, 0.3) is 0 Å². The Morgan fingerprint density at radius 2 is 1.37 bits per heavy atom. The van der Waals surface area contributed by atoms with Crippen LogP contribution in [0, 0.1) is 0 Å². The van der Waals surface area contributed by atoms with Crippen molar-refractivity contribution in [3.8, 4) is 17.2 Å². The Kier molecular flexibility index (Phi) is 7.16. The Balaban J connectivity index is 2.03. The van der Waals surface area contributed by atoms with Crippen molar-refractivity contribution in [2.45, 2.75) is 11.3 Å². The lowest BCUT2D eigenvalue weighted by atomic mass is 10.3. The number of ether oxygens (including phenoxy) is 2. The number of benzene rings is 2. The highest BCUT2D eigenvalue weighted by Gasteiger charge is 2.31. The summed E-state index contributed by atoms with van der Waals surface area (Å²) in [6.45, 7) is -0.104. The second-order valence-electron chi connectivity index (χ2n) is 6.05. The molecule has 164 valence electrons. The molecule has 0 unspecified atom stereocenters. The molecule has 0 N–H and O–H groups in total. The van der Waals surface area contributed by atoms with Gasteiger partial charge >= 0.3 is 6.36 Å². The van der Waals surface area contributed by atoms with Crippen LogP contribution < -0.4 is 9.47 Å². The topological polar surface area (TPSA) is 90.0 Å². The van der Waals surface area contributed by atoms with E-state index in [1.807, 2.05) is 0 Å². The van der Waals surface area contributed by atoms with Gasteiger partial charge in [-0.05, 0) is 48.5 Å². The summed E-state index contributed by atoms with van der Waals surface area (Å²) < 4.78 is 93.8. The number of sulfone groups is 1. The zero-order valence-electron chi connectivity index (χ0n) is 15.8. The lowest BCUT2D eigenvalue weighted by Crippen LogP contribution is -2.25. The third-order valence-corrected chi connectivity index (χ3v) is 6.41. The van der Waals surface area contributed by atoms with Crippen LogP contribution in [0.5, 0.6) is 17.2 Å². The van der Waals surface area contributed by atoms with Crippen molar-refractivity contribution in [1.82, 2.24) is 4.31 Å². The predicted octanol–water partition coefficient (Wildman–Crippen LogP) is 3.56. The van der Waals surface area contributed by atoms with Crippen molar-refractivity contribution in [2.75, 3.05) is 19.8 Å². The summed E-state index contributed by atoms with van der Waals surface area (Å²) in [5.41, 5.74) is 0. The molecule has 0 bridgehead atoms. The Morgan fingerprint density at radius 3 is 1.83 bits per heavy atom. The maximum atomic E-state index is 12.3. The Labute approximate surface area is 172 Å². The minimum atomic E-state index is -4.79. The van der Waals surface area contributed by atoms with Gasteiger partial charge in [-0.1, -0.05) is 6.08 Å². The number of hydrogen-bond donors (Lipinski definition) is 0. The molecule has 0 saturated heterocycles. The van der Waals surface area contributed by atoms with Crippen LogP contribution in [0.3, 0.4) is 0 Å². The van der Waals surface area contributed by atoms with E-state index in [4.69, 9.17) is 4.74 Å². The molecular weight excluding hydrogens is 447 g/mol. The average Bonchev–Trinajstić information content (AvgIpc) is 2.61. The predicted molar refractivity (Wildman–Crippen MR) is 103 cm³/mol. The highest BCUT2D eigenvalue weighted by molar-refractivity contribution is 7.94. The first-order chi connectivity index (χ1) is 13.8. The Morgan fingerprint density at radius 1 is 0.900 bits per heavy atom. The molecule has 0 aliphatic rings. The zero-order valence-corrected chi connectivity index (χ0v) is 17.5. The van der Waals surface area contributed by atoms with Crippen molar-refractivity contribution >= 4 is 19.9 Å². The van der Waals surface area contributed by atoms with Crippen LogP contribution in [-0.4, -0.2) is 47.4 Å². The summed E-state index contributed by atoms with van der Waals surface area (Å²) in [6.07, 6.45) is -2.57. The van der Waals surface area contributed by atoms with E-state index in [0.29, 0.717) is 0 Å². The fraction of sp³-hybridized carbons (Fsp3) is 0.222. The van der Waals surface area contributed by atoms with E-state index in [1.165, 1.54) is 49.5 Å². The van der Waals surface area contributed by atoms with Crippen molar-refractivity contribution in [3.05, 3.63) is 60.0 Å². The largest absolute Gasteiger partial charge is 0.573 e. The first-order valence-electron chi connectivity index (χ1n) is 8.23. The van der Waals surface area contributed by atoms with Crippen LogP contribution in [0.25, 0.3) is 0 Å². The molecule has 0 aliphatic heterocycles. The van der Waals surface area contributed by atoms with E-state index >= 15 is 0 Å². The molecule has 0 radical (unpaired) electrons. The van der Waals surface area contributed by atoms with Gasteiger partial charge in [0.15, 0.2) is 9.84 Å². The fourth-order valence-electron chi connectivity index (χ4n) is 2.07. The third-order valence-electron chi connectivity index (χ3n) is 3.65. The molecule has 0 heterocycles. The lowest BCUT2D eigenvalue weighted by molar-refractivity contribution is -0.274. The highest BCUT2D eigenvalue weighted by Crippen LogP contribution is 2.28. The smallest absolute Gasteiger partial charge is 0.457 e. The molecule has 12 heteroatoms. The number of hydrogen-bond acceptors (Lipinski definition) is 6. The molecular formula is C18H18F3NO6S2. The average molecular weight is 465 g/mol. The van der Waals surface area contributed by atoms with E-state index in [2.05, 4.69) is 4.74 Å². The van der Waals surface area contributed by atoms with Crippen molar-refractivity contribution in [2.24, 2.45) is 0 Å². The number of nitrogens with zero attached hydrogens (tertiary/aromatic N) is 1. The lowest BCUT2D eigenvalue weighted by Gasteiger charge is -2.11. The SMILES string of the molecule is CN(C/C=C/S(=O)(=O)c1ccc(Oc2ccc(OC(F)(F)F)cc2)cc1)S(C)(=O)=O. The molecule has 30 heavy (non-hydrogen) atoms. The standard InChI is InChI=1S/C18H18F3NO6S2/c1-22(29(2,23)24)12-3-13-30(25,26)17-10-8-15(9-11-17)27-14-4-6-16(7-5-14)28-18(19,20)21/h3-11,13H,12H2,1-2H3/b13-3+. The van der Waals surface area contributed by atoms with Gasteiger partial charge in [0.1, 0.15) is 17.2 Å². The van der Waals surface area contributed by atoms with E-state index in [1.54, 1.807) is 0 Å². The van der Waals surface area contributed by atoms with E-state index in [-0.39, 0.29) is 22.9 Å². The van der Waals surface area contributed by atoms with Crippen molar-refractivity contribution < 1.29 is 39.5 Å². The van der Waals surface area contributed by atoms with Gasteiger partial charge in [0.05, 0.1) is 11.2 Å². The molecule has 7 nitrogen and oxygen atoms in total. The first-order valence-corrected chi connectivity index (χ1v) is 11.6. The minimum Gasteiger partial charge on any atom is -0.457 e. The van der Waals surface area contributed by atoms with Crippen LogP contribution >= 0.6 is 0 Å². The third kappa shape index (κ3) is 7.35. The Bertz CT molecular complexity index is 1090. The van der Waals surface area contributed by atoms with Crippen LogP contribution in [0.1, 0.15) is 0 Å². The second-order valence-corrected chi connectivity index (χ2v) is 9.98. The maximum Gasteiger partial charge on any atom is 0.573 e. The molecule has 2 aromatic carbocycles. The minimum absolute atomic E-state index is 0.0398. The quantitative estimate of drug-likeness (QED) is 0.592. The number of sulfonamides is 1. The summed E-state index contributed by atoms with van der Waals surface area (Å²) in [5.74, 6) is 0.0904. The van der Waals surface area contributed by atoms with Gasteiger partial charge in [0, 0.05) is 19.0 Å². The van der Waals surface area contributed by atoms with Gasteiger partial charge in [-0.2, -0.15) is 0 Å². The summed E-state index contributed by atoms with van der Waals surface area (Å²) in [4.78, 5) is -0.0398. The number of halogens is 3. The molecule has 2 rings (SSSR count). The maximum absolute atomic E-state index is 12.3. The van der Waals surface area contributed by atoms with Crippen LogP contribution in [0.2, 0.25) is 0 Å². The molecule has 0 saturated carbocycles. The summed E-state index contributed by atoms with van der Waals surface area (Å²) in [6, 6.07) is 10.0. The van der Waals surface area contributed by atoms with Crippen LogP contribution in [0.4, 0.5) is 13.2 Å². The number of alkyl halides is 3. The second kappa shape index (κ2) is 9.06. The highest BCUT2D eigenvalue weighted by atomic mass is 32.2. The summed E-state index contributed by atoms with van der Waals surface area (Å²) in [7, 11) is -5.90. The molecule has 0 fully saturated rings. The number of rotatable bonds is 8. The van der Waals surface area contributed by atoms with Gasteiger partial charge in [-0.15, -0.1) is 13.2 Å². The Hall–Kier alpha value is -2.57. The molecule has 0 aromatic heterocycles. The molecule has 0 atom stereocenters. The molecule has 0 amide bonds. The van der Waals surface area contributed by atoms with Gasteiger partial charge in [0.2, 0.25) is 10.0 Å². The molecule has 0 aliphatic carbocycles. The molecule has 2 aromatic rings. The van der Waals surface area contributed by atoms with E-state index in [9.17, 15) is 30.0 Å². The van der Waals surface area contributed by atoms with Gasteiger partial charge in [-0.3, -0.25) is 0 Å². The van der Waals surface area contributed by atoms with Crippen LogP contribution in [0.15, 0.2) is 64.9 Å². The summed E-state index contributed by atoms with van der Waals surface area (Å²) >= 11 is 0. The number of likely N-dealkylation sites (N-methyl/N-ethyl adjacent to an activating group) is 1. The molecule has 0 spiro atoms. The first kappa shape index (κ1) is 23.7. The van der Waals surface area contributed by atoms with Crippen molar-refractivity contribution in [3.63, 3.8) is 0 Å². The van der Waals surface area contributed by atoms with E-state index < -0.39 is 32.0 Å². The van der Waals surface area contributed by atoms with Crippen LogP contribution in [-0.2, 0) is 19.9 Å². The van der Waals surface area contributed by atoms with Gasteiger partial charge < -0.3 is 9.47 Å². The summed E-state index contributed by atoms with van der Waals surface area (Å²) in [5, 5.41) is 0.907. The van der Waals surface area contributed by atoms with Crippen molar-refractivity contribution in [1.29, 1.82) is 0 Å².